The highest BCUT2D eigenvalue weighted by Crippen LogP contribution is 2.28. The van der Waals surface area contributed by atoms with E-state index < -0.39 is 5.97 Å². The van der Waals surface area contributed by atoms with Crippen molar-refractivity contribution in [3.05, 3.63) is 59.5 Å². The second kappa shape index (κ2) is 8.50. The fourth-order valence-electron chi connectivity index (χ4n) is 3.04. The Morgan fingerprint density at radius 1 is 1.30 bits per heavy atom. The number of aromatic nitrogens is 3. The number of carbonyl (C=O) groups is 2. The number of hydrogen-bond acceptors (Lipinski definition) is 7. The van der Waals surface area contributed by atoms with Crippen molar-refractivity contribution in [1.29, 1.82) is 0 Å². The van der Waals surface area contributed by atoms with E-state index in [0.717, 1.165) is 4.88 Å². The van der Waals surface area contributed by atoms with Crippen molar-refractivity contribution in [2.24, 2.45) is 0 Å². The Balaban J connectivity index is 1.55. The number of rotatable bonds is 7. The van der Waals surface area contributed by atoms with Crippen molar-refractivity contribution in [2.45, 2.75) is 20.0 Å². The number of ether oxygens (including phenoxy) is 1. The van der Waals surface area contributed by atoms with Gasteiger partial charge in [0, 0.05) is 13.6 Å². The summed E-state index contributed by atoms with van der Waals surface area (Å²) in [6.45, 7) is 2.51. The number of aryl methyl sites for hydroxylation is 1. The van der Waals surface area contributed by atoms with Gasteiger partial charge in [-0.15, -0.1) is 11.3 Å². The van der Waals surface area contributed by atoms with Gasteiger partial charge < -0.3 is 14.1 Å². The summed E-state index contributed by atoms with van der Waals surface area (Å²) in [6, 6.07) is 9.09. The largest absolute Gasteiger partial charge is 0.467 e. The smallest absolute Gasteiger partial charge is 0.339 e. The van der Waals surface area contributed by atoms with Crippen LogP contribution in [0.5, 0.6) is 0 Å². The number of esters is 1. The second-order valence-electron chi connectivity index (χ2n) is 6.64. The first-order valence-corrected chi connectivity index (χ1v) is 10.3. The Hall–Kier alpha value is -3.46. The van der Waals surface area contributed by atoms with Crippen LogP contribution in [0.3, 0.4) is 0 Å². The van der Waals surface area contributed by atoms with Gasteiger partial charge in [-0.3, -0.25) is 4.79 Å². The molecule has 0 aromatic carbocycles. The monoisotopic (exact) mass is 424 g/mol. The minimum atomic E-state index is -0.587. The molecule has 0 spiro atoms. The molecule has 9 heteroatoms. The Bertz CT molecular complexity index is 1170. The molecule has 4 rings (SSSR count). The number of thiophene rings is 1. The van der Waals surface area contributed by atoms with E-state index in [2.05, 4.69) is 10.1 Å². The quantitative estimate of drug-likeness (QED) is 0.421. The van der Waals surface area contributed by atoms with E-state index in [1.807, 2.05) is 24.4 Å². The topological polar surface area (TPSA) is 90.5 Å². The summed E-state index contributed by atoms with van der Waals surface area (Å²) in [5.74, 6) is -0.260. The fourth-order valence-corrected chi connectivity index (χ4v) is 3.72. The average molecular weight is 424 g/mol. The number of carbonyl (C=O) groups excluding carboxylic acids is 2. The first-order valence-electron chi connectivity index (χ1n) is 9.40. The van der Waals surface area contributed by atoms with Crippen LogP contribution < -0.4 is 0 Å². The molecule has 4 heterocycles. The molecule has 8 nitrogen and oxygen atoms in total. The van der Waals surface area contributed by atoms with Gasteiger partial charge in [0.2, 0.25) is 0 Å². The number of pyridine rings is 1. The number of fused-ring (bicyclic) bond motifs is 1. The zero-order valence-corrected chi connectivity index (χ0v) is 17.4. The maximum absolute atomic E-state index is 12.8. The summed E-state index contributed by atoms with van der Waals surface area (Å²) >= 11 is 1.53. The van der Waals surface area contributed by atoms with Crippen molar-refractivity contribution in [3.63, 3.8) is 0 Å². The van der Waals surface area contributed by atoms with Crippen LogP contribution in [0, 0.1) is 0 Å². The van der Waals surface area contributed by atoms with Crippen LogP contribution in [0.15, 0.2) is 52.6 Å². The molecule has 0 atom stereocenters. The van der Waals surface area contributed by atoms with E-state index in [1.54, 1.807) is 42.4 Å². The normalized spacial score (nSPS) is 11.0. The third-order valence-electron chi connectivity index (χ3n) is 4.63. The standard InChI is InChI=1S/C21H20N4O4S/c1-3-25-20-16(11-22-25)15(10-17(23-20)18-7-5-9-30-18)21(27)29-13-19(26)24(2)12-14-6-4-8-28-14/h4-11H,3,12-13H2,1-2H3. The first-order chi connectivity index (χ1) is 14.6. The predicted molar refractivity (Wildman–Crippen MR) is 112 cm³/mol. The summed E-state index contributed by atoms with van der Waals surface area (Å²) in [4.78, 5) is 32.3. The Kier molecular flexibility index (Phi) is 5.62. The fraction of sp³-hybridized carbons (Fsp3) is 0.238. The lowest BCUT2D eigenvalue weighted by Crippen LogP contribution is -2.30. The minimum absolute atomic E-state index is 0.300. The van der Waals surface area contributed by atoms with Gasteiger partial charge in [0.15, 0.2) is 12.3 Å². The van der Waals surface area contributed by atoms with E-state index in [1.165, 1.54) is 16.2 Å². The van der Waals surface area contributed by atoms with Crippen molar-refractivity contribution in [3.8, 4) is 10.6 Å². The molecule has 4 aromatic heterocycles. The van der Waals surface area contributed by atoms with Crippen LogP contribution in [-0.4, -0.2) is 45.2 Å². The molecule has 0 saturated heterocycles. The molecule has 0 N–H and O–H groups in total. The Morgan fingerprint density at radius 3 is 2.87 bits per heavy atom. The third kappa shape index (κ3) is 3.97. The maximum atomic E-state index is 12.8. The molecule has 0 bridgehead atoms. The Labute approximate surface area is 176 Å². The molecular formula is C21H20N4O4S. The maximum Gasteiger partial charge on any atom is 0.339 e. The second-order valence-corrected chi connectivity index (χ2v) is 7.58. The van der Waals surface area contributed by atoms with Crippen LogP contribution in [0.25, 0.3) is 21.6 Å². The third-order valence-corrected chi connectivity index (χ3v) is 5.52. The van der Waals surface area contributed by atoms with E-state index >= 15 is 0 Å². The van der Waals surface area contributed by atoms with Crippen LogP contribution in [-0.2, 0) is 22.6 Å². The summed E-state index contributed by atoms with van der Waals surface area (Å²) in [5.41, 5.74) is 1.61. The van der Waals surface area contributed by atoms with Crippen LogP contribution >= 0.6 is 11.3 Å². The molecule has 1 amide bonds. The van der Waals surface area contributed by atoms with Crippen molar-refractivity contribution < 1.29 is 18.7 Å². The summed E-state index contributed by atoms with van der Waals surface area (Å²) in [6.07, 6.45) is 3.15. The number of nitrogens with zero attached hydrogens (tertiary/aromatic N) is 4. The highest BCUT2D eigenvalue weighted by Gasteiger charge is 2.20. The molecule has 0 radical (unpaired) electrons. The van der Waals surface area contributed by atoms with Crippen LogP contribution in [0.1, 0.15) is 23.0 Å². The van der Waals surface area contributed by atoms with Gasteiger partial charge in [-0.25, -0.2) is 14.5 Å². The van der Waals surface area contributed by atoms with E-state index in [9.17, 15) is 9.59 Å². The zero-order valence-electron chi connectivity index (χ0n) is 16.6. The van der Waals surface area contributed by atoms with Gasteiger partial charge in [0.25, 0.3) is 5.91 Å². The van der Waals surface area contributed by atoms with Gasteiger partial charge in [0.05, 0.1) is 40.5 Å². The van der Waals surface area contributed by atoms with Crippen LogP contribution in [0.2, 0.25) is 0 Å². The number of furan rings is 1. The molecular weight excluding hydrogens is 404 g/mol. The highest BCUT2D eigenvalue weighted by molar-refractivity contribution is 7.13. The van der Waals surface area contributed by atoms with Gasteiger partial charge in [-0.2, -0.15) is 5.10 Å². The molecule has 30 heavy (non-hydrogen) atoms. The zero-order chi connectivity index (χ0) is 21.1. The van der Waals surface area contributed by atoms with E-state index in [0.29, 0.717) is 41.1 Å². The van der Waals surface area contributed by atoms with Crippen molar-refractivity contribution in [2.75, 3.05) is 13.7 Å². The molecule has 0 aliphatic rings. The number of hydrogen-bond donors (Lipinski definition) is 0. The summed E-state index contributed by atoms with van der Waals surface area (Å²) < 4.78 is 12.3. The predicted octanol–water partition coefficient (Wildman–Crippen LogP) is 3.59. The first kappa shape index (κ1) is 19.8. The Morgan fingerprint density at radius 2 is 2.17 bits per heavy atom. The summed E-state index contributed by atoms with van der Waals surface area (Å²) in [5, 5.41) is 6.85. The van der Waals surface area contributed by atoms with Gasteiger partial charge >= 0.3 is 5.97 Å². The van der Waals surface area contributed by atoms with Crippen molar-refractivity contribution >= 4 is 34.2 Å². The molecule has 0 aliphatic carbocycles. The lowest BCUT2D eigenvalue weighted by Gasteiger charge is -2.15. The van der Waals surface area contributed by atoms with Crippen molar-refractivity contribution in [1.82, 2.24) is 19.7 Å². The lowest BCUT2D eigenvalue weighted by atomic mass is 10.1. The molecule has 0 unspecified atom stereocenters. The number of amides is 1. The average Bonchev–Trinajstić information content (AvgIpc) is 3.52. The molecule has 154 valence electrons. The molecule has 0 aliphatic heterocycles. The highest BCUT2D eigenvalue weighted by atomic mass is 32.1. The molecule has 0 fully saturated rings. The SMILES string of the molecule is CCn1ncc2c(C(=O)OCC(=O)N(C)Cc3ccco3)cc(-c3cccs3)nc21. The van der Waals surface area contributed by atoms with Gasteiger partial charge in [0.1, 0.15) is 5.76 Å². The molecule has 0 saturated carbocycles. The van der Waals surface area contributed by atoms with E-state index in [4.69, 9.17) is 9.15 Å². The number of likely N-dealkylation sites (N-methyl/N-ethyl adjacent to an activating group) is 1. The lowest BCUT2D eigenvalue weighted by molar-refractivity contribution is -0.133. The van der Waals surface area contributed by atoms with Gasteiger partial charge in [-0.05, 0) is 36.6 Å². The summed E-state index contributed by atoms with van der Waals surface area (Å²) in [7, 11) is 1.63. The molecule has 4 aromatic rings. The minimum Gasteiger partial charge on any atom is -0.467 e. The van der Waals surface area contributed by atoms with E-state index in [-0.39, 0.29) is 12.5 Å². The van der Waals surface area contributed by atoms with Gasteiger partial charge in [-0.1, -0.05) is 6.07 Å². The van der Waals surface area contributed by atoms with Crippen LogP contribution in [0.4, 0.5) is 0 Å².